The number of aromatic nitrogens is 2. The second-order valence-corrected chi connectivity index (χ2v) is 5.19. The number of halogens is 2. The molecule has 0 spiro atoms. The second kappa shape index (κ2) is 5.74. The third-order valence-electron chi connectivity index (χ3n) is 2.77. The maximum atomic E-state index is 6.00. The van der Waals surface area contributed by atoms with E-state index in [9.17, 15) is 0 Å². The lowest BCUT2D eigenvalue weighted by Gasteiger charge is -2.16. The summed E-state index contributed by atoms with van der Waals surface area (Å²) in [5.41, 5.74) is 1.14. The quantitative estimate of drug-likeness (QED) is 0.858. The van der Waals surface area contributed by atoms with E-state index >= 15 is 0 Å². The first-order valence-corrected chi connectivity index (χ1v) is 6.40. The van der Waals surface area contributed by atoms with Gasteiger partial charge < -0.3 is 4.57 Å². The Balaban J connectivity index is 2.01. The Hall–Kier alpha value is -1.03. The molecule has 2 aromatic rings. The minimum absolute atomic E-state index is 0.590. The fourth-order valence-electron chi connectivity index (χ4n) is 1.80. The summed E-state index contributed by atoms with van der Waals surface area (Å²) in [6.45, 7) is 1.60. The number of hydrogen-bond donors (Lipinski definition) is 0. The summed E-state index contributed by atoms with van der Waals surface area (Å²) in [5.74, 6) is 1.04. The van der Waals surface area contributed by atoms with E-state index in [1.807, 2.05) is 42.2 Å². The van der Waals surface area contributed by atoms with E-state index in [0.717, 1.165) is 24.5 Å². The van der Waals surface area contributed by atoms with Crippen LogP contribution in [-0.4, -0.2) is 21.5 Å². The van der Waals surface area contributed by atoms with Crippen LogP contribution in [0.25, 0.3) is 0 Å². The number of aryl methyl sites for hydroxylation is 1. The zero-order valence-electron chi connectivity index (χ0n) is 10.4. The molecule has 96 valence electrons. The van der Waals surface area contributed by atoms with Crippen molar-refractivity contribution in [2.24, 2.45) is 7.05 Å². The third-order valence-corrected chi connectivity index (χ3v) is 3.51. The van der Waals surface area contributed by atoms with Gasteiger partial charge in [0.05, 0.1) is 16.6 Å². The molecule has 0 aliphatic rings. The molecule has 0 saturated heterocycles. The summed E-state index contributed by atoms with van der Waals surface area (Å²) in [5, 5.41) is 1.19. The lowest BCUT2D eigenvalue weighted by atomic mass is 10.2. The van der Waals surface area contributed by atoms with Crippen molar-refractivity contribution in [3.63, 3.8) is 0 Å². The van der Waals surface area contributed by atoms with Crippen molar-refractivity contribution in [1.82, 2.24) is 14.5 Å². The van der Waals surface area contributed by atoms with E-state index in [2.05, 4.69) is 16.9 Å². The Bertz CT molecular complexity index is 537. The Kier molecular flexibility index (Phi) is 4.27. The summed E-state index contributed by atoms with van der Waals surface area (Å²) in [6.07, 6.45) is 3.75. The zero-order valence-corrected chi connectivity index (χ0v) is 11.9. The van der Waals surface area contributed by atoms with Gasteiger partial charge in [-0.2, -0.15) is 0 Å². The Morgan fingerprint density at radius 1 is 1.22 bits per heavy atom. The monoisotopic (exact) mass is 283 g/mol. The highest BCUT2D eigenvalue weighted by Crippen LogP contribution is 2.23. The van der Waals surface area contributed by atoms with Crippen LogP contribution in [-0.2, 0) is 20.1 Å². The molecule has 0 N–H and O–H groups in total. The summed E-state index contributed by atoms with van der Waals surface area (Å²) in [6, 6.07) is 5.72. The van der Waals surface area contributed by atoms with Crippen molar-refractivity contribution >= 4 is 23.2 Å². The number of rotatable bonds is 4. The summed E-state index contributed by atoms with van der Waals surface area (Å²) in [4.78, 5) is 6.49. The molecule has 0 aliphatic carbocycles. The van der Waals surface area contributed by atoms with Crippen molar-refractivity contribution in [1.29, 1.82) is 0 Å². The first-order chi connectivity index (χ1) is 8.56. The maximum absolute atomic E-state index is 6.00. The fraction of sp³-hybridized carbons (Fsp3) is 0.308. The summed E-state index contributed by atoms with van der Waals surface area (Å²) in [7, 11) is 4.05. The van der Waals surface area contributed by atoms with Crippen LogP contribution in [0.15, 0.2) is 30.6 Å². The van der Waals surface area contributed by atoms with Crippen molar-refractivity contribution in [2.45, 2.75) is 13.1 Å². The molecule has 0 bridgehead atoms. The van der Waals surface area contributed by atoms with Gasteiger partial charge in [0.15, 0.2) is 0 Å². The molecule has 18 heavy (non-hydrogen) atoms. The fourth-order valence-corrected chi connectivity index (χ4v) is 2.12. The number of benzene rings is 1. The first kappa shape index (κ1) is 13.4. The molecule has 1 aromatic heterocycles. The number of nitrogens with zero attached hydrogens (tertiary/aromatic N) is 3. The molecule has 1 aromatic carbocycles. The Morgan fingerprint density at radius 3 is 2.61 bits per heavy atom. The zero-order chi connectivity index (χ0) is 13.1. The SMILES string of the molecule is CN(Cc1ccc(Cl)c(Cl)c1)Cc1nccn1C. The Labute approximate surface area is 117 Å². The molecule has 1 heterocycles. The molecule has 5 heteroatoms. The highest BCUT2D eigenvalue weighted by atomic mass is 35.5. The molecule has 0 unspecified atom stereocenters. The van der Waals surface area contributed by atoms with Gasteiger partial charge in [0.1, 0.15) is 5.82 Å². The molecule has 0 saturated carbocycles. The third kappa shape index (κ3) is 3.25. The van der Waals surface area contributed by atoms with Gasteiger partial charge in [-0.1, -0.05) is 29.3 Å². The van der Waals surface area contributed by atoms with Gasteiger partial charge in [0, 0.05) is 26.0 Å². The first-order valence-electron chi connectivity index (χ1n) is 5.65. The molecule has 2 rings (SSSR count). The van der Waals surface area contributed by atoms with E-state index in [1.54, 1.807) is 0 Å². The Morgan fingerprint density at radius 2 is 2.00 bits per heavy atom. The molecule has 0 radical (unpaired) electrons. The standard InChI is InChI=1S/C13H15Cl2N3/c1-17(9-13-16-5-6-18(13)2)8-10-3-4-11(14)12(15)7-10/h3-7H,8-9H2,1-2H3. The molecule has 0 aliphatic heterocycles. The highest BCUT2D eigenvalue weighted by molar-refractivity contribution is 6.42. The topological polar surface area (TPSA) is 21.1 Å². The van der Waals surface area contributed by atoms with Gasteiger partial charge >= 0.3 is 0 Å². The van der Waals surface area contributed by atoms with Crippen LogP contribution in [0.5, 0.6) is 0 Å². The van der Waals surface area contributed by atoms with E-state index in [4.69, 9.17) is 23.2 Å². The van der Waals surface area contributed by atoms with Crippen molar-refractivity contribution in [2.75, 3.05) is 7.05 Å². The maximum Gasteiger partial charge on any atom is 0.122 e. The highest BCUT2D eigenvalue weighted by Gasteiger charge is 2.06. The van der Waals surface area contributed by atoms with Gasteiger partial charge in [-0.05, 0) is 24.7 Å². The van der Waals surface area contributed by atoms with Crippen molar-refractivity contribution < 1.29 is 0 Å². The van der Waals surface area contributed by atoms with Gasteiger partial charge in [0.2, 0.25) is 0 Å². The second-order valence-electron chi connectivity index (χ2n) is 4.38. The van der Waals surface area contributed by atoms with Crippen molar-refractivity contribution in [3.05, 3.63) is 52.0 Å². The number of hydrogen-bond acceptors (Lipinski definition) is 2. The van der Waals surface area contributed by atoms with E-state index in [0.29, 0.717) is 10.0 Å². The van der Waals surface area contributed by atoms with Gasteiger partial charge in [-0.3, -0.25) is 4.90 Å². The van der Waals surface area contributed by atoms with Crippen LogP contribution < -0.4 is 0 Å². The van der Waals surface area contributed by atoms with E-state index < -0.39 is 0 Å². The lowest BCUT2D eigenvalue weighted by Crippen LogP contribution is -2.19. The number of imidazole rings is 1. The van der Waals surface area contributed by atoms with Crippen molar-refractivity contribution in [3.8, 4) is 0 Å². The van der Waals surface area contributed by atoms with Gasteiger partial charge in [0.25, 0.3) is 0 Å². The van der Waals surface area contributed by atoms with Crippen LogP contribution in [0.2, 0.25) is 10.0 Å². The van der Waals surface area contributed by atoms with Gasteiger partial charge in [-0.15, -0.1) is 0 Å². The van der Waals surface area contributed by atoms with E-state index in [1.165, 1.54) is 0 Å². The molecular formula is C13H15Cl2N3. The van der Waals surface area contributed by atoms with Crippen LogP contribution in [0.3, 0.4) is 0 Å². The lowest BCUT2D eigenvalue weighted by molar-refractivity contribution is 0.307. The summed E-state index contributed by atoms with van der Waals surface area (Å²) < 4.78 is 2.02. The predicted octanol–water partition coefficient (Wildman–Crippen LogP) is 3.36. The molecular weight excluding hydrogens is 269 g/mol. The molecule has 0 atom stereocenters. The smallest absolute Gasteiger partial charge is 0.122 e. The average molecular weight is 284 g/mol. The average Bonchev–Trinajstić information content (AvgIpc) is 2.70. The molecule has 0 amide bonds. The minimum Gasteiger partial charge on any atom is -0.337 e. The van der Waals surface area contributed by atoms with Crippen LogP contribution in [0, 0.1) is 0 Å². The minimum atomic E-state index is 0.590. The molecule has 3 nitrogen and oxygen atoms in total. The van der Waals surface area contributed by atoms with Crippen LogP contribution >= 0.6 is 23.2 Å². The normalized spacial score (nSPS) is 11.2. The van der Waals surface area contributed by atoms with Gasteiger partial charge in [-0.25, -0.2) is 4.98 Å². The van der Waals surface area contributed by atoms with E-state index in [-0.39, 0.29) is 0 Å². The largest absolute Gasteiger partial charge is 0.337 e. The van der Waals surface area contributed by atoms with Crippen LogP contribution in [0.1, 0.15) is 11.4 Å². The predicted molar refractivity (Wildman–Crippen MR) is 74.8 cm³/mol. The van der Waals surface area contributed by atoms with Crippen LogP contribution in [0.4, 0.5) is 0 Å². The summed E-state index contributed by atoms with van der Waals surface area (Å²) >= 11 is 11.9. The molecule has 0 fully saturated rings.